The van der Waals surface area contributed by atoms with Crippen molar-refractivity contribution in [3.63, 3.8) is 0 Å². The molecule has 0 bridgehead atoms. The Labute approximate surface area is 223 Å². The van der Waals surface area contributed by atoms with Gasteiger partial charge in [0.05, 0.1) is 18.2 Å². The Morgan fingerprint density at radius 2 is 2.03 bits per heavy atom. The minimum absolute atomic E-state index is 0.0366. The summed E-state index contributed by atoms with van der Waals surface area (Å²) in [7, 11) is 1.68. The van der Waals surface area contributed by atoms with Gasteiger partial charge < -0.3 is 24.0 Å². The Morgan fingerprint density at radius 3 is 2.76 bits per heavy atom. The molecule has 1 N–H and O–H groups in total. The highest BCUT2D eigenvalue weighted by Gasteiger charge is 2.25. The van der Waals surface area contributed by atoms with E-state index in [1.807, 2.05) is 36.5 Å². The average molecular weight is 517 g/mol. The number of benzene rings is 1. The molecule has 1 aliphatic heterocycles. The van der Waals surface area contributed by atoms with Crippen molar-refractivity contribution in [2.24, 2.45) is 5.92 Å². The lowest BCUT2D eigenvalue weighted by Gasteiger charge is -2.30. The number of carbonyl (C=O) groups is 1. The van der Waals surface area contributed by atoms with Gasteiger partial charge in [0.2, 0.25) is 11.7 Å². The van der Waals surface area contributed by atoms with Gasteiger partial charge in [-0.05, 0) is 63.0 Å². The second-order valence-electron chi connectivity index (χ2n) is 10.4. The maximum Gasteiger partial charge on any atom is 0.253 e. The van der Waals surface area contributed by atoms with Crippen LogP contribution in [0.2, 0.25) is 0 Å². The first-order valence-electron chi connectivity index (χ1n) is 13.4. The maximum absolute atomic E-state index is 12.9. The summed E-state index contributed by atoms with van der Waals surface area (Å²) in [4.78, 5) is 24.2. The molecule has 0 aliphatic carbocycles. The first-order valence-corrected chi connectivity index (χ1v) is 13.4. The van der Waals surface area contributed by atoms with E-state index in [0.717, 1.165) is 73.5 Å². The Hall–Kier alpha value is -3.72. The number of ether oxygens (including phenoxy) is 1. The second kappa shape index (κ2) is 11.8. The van der Waals surface area contributed by atoms with Crippen LogP contribution in [0.3, 0.4) is 0 Å². The number of nitrogens with zero attached hydrogens (tertiary/aromatic N) is 5. The highest BCUT2D eigenvalue weighted by molar-refractivity contribution is 6.08. The fraction of sp³-hybridized carbons (Fsp3) is 0.448. The Kier molecular flexibility index (Phi) is 8.03. The quantitative estimate of drug-likeness (QED) is 0.325. The molecular formula is C29H36N6O3. The predicted octanol–water partition coefficient (Wildman–Crippen LogP) is 4.75. The second-order valence-corrected chi connectivity index (χ2v) is 10.4. The molecule has 4 aromatic rings. The van der Waals surface area contributed by atoms with Crippen molar-refractivity contribution >= 4 is 16.8 Å². The van der Waals surface area contributed by atoms with Gasteiger partial charge >= 0.3 is 0 Å². The number of fused-ring (bicyclic) bond motifs is 1. The highest BCUT2D eigenvalue weighted by atomic mass is 16.5. The molecule has 0 saturated carbocycles. The Morgan fingerprint density at radius 1 is 1.18 bits per heavy atom. The number of carbonyl (C=O) groups excluding carboxylic acids is 1. The summed E-state index contributed by atoms with van der Waals surface area (Å²) in [6.45, 7) is 8.63. The lowest BCUT2D eigenvalue weighted by molar-refractivity contribution is 0.0950. The van der Waals surface area contributed by atoms with Gasteiger partial charge in [0.25, 0.3) is 5.91 Å². The molecule has 0 radical (unpaired) electrons. The van der Waals surface area contributed by atoms with E-state index < -0.39 is 0 Å². The normalized spacial score (nSPS) is 14.8. The van der Waals surface area contributed by atoms with E-state index in [4.69, 9.17) is 9.26 Å². The molecule has 3 aromatic heterocycles. The number of hydrogen-bond donors (Lipinski definition) is 1. The summed E-state index contributed by atoms with van der Waals surface area (Å²) < 4.78 is 13.4. The molecule has 5 rings (SSSR count). The molecule has 9 nitrogen and oxygen atoms in total. The molecule has 1 aliphatic rings. The first kappa shape index (κ1) is 25.9. The van der Waals surface area contributed by atoms with E-state index >= 15 is 0 Å². The molecule has 1 amide bonds. The van der Waals surface area contributed by atoms with Crippen molar-refractivity contribution in [3.8, 4) is 17.1 Å². The van der Waals surface area contributed by atoms with Crippen LogP contribution in [0.4, 0.5) is 0 Å². The largest absolute Gasteiger partial charge is 0.495 e. The molecule has 1 aromatic carbocycles. The maximum atomic E-state index is 12.9. The number of nitrogens with one attached hydrogen (secondary N) is 1. The van der Waals surface area contributed by atoms with Crippen molar-refractivity contribution in [3.05, 3.63) is 60.4 Å². The van der Waals surface area contributed by atoms with Crippen molar-refractivity contribution in [1.82, 2.24) is 29.9 Å². The number of piperidine rings is 1. The van der Waals surface area contributed by atoms with Gasteiger partial charge in [-0.25, -0.2) is 0 Å². The van der Waals surface area contributed by atoms with Crippen LogP contribution in [-0.2, 0) is 6.54 Å². The van der Waals surface area contributed by atoms with Gasteiger partial charge in [0.15, 0.2) is 0 Å². The summed E-state index contributed by atoms with van der Waals surface area (Å²) in [5, 5.41) is 8.14. The third kappa shape index (κ3) is 5.72. The number of aromatic nitrogens is 4. The molecule has 4 heterocycles. The minimum atomic E-state index is -0.0366. The zero-order chi connectivity index (χ0) is 26.5. The number of hydrogen-bond acceptors (Lipinski definition) is 7. The number of pyridine rings is 1. The van der Waals surface area contributed by atoms with E-state index in [9.17, 15) is 4.79 Å². The molecule has 9 heteroatoms. The summed E-state index contributed by atoms with van der Waals surface area (Å²) in [5.41, 5.74) is 2.55. The first-order chi connectivity index (χ1) is 18.5. The Balaban J connectivity index is 1.18. The summed E-state index contributed by atoms with van der Waals surface area (Å²) in [6.07, 6.45) is 8.43. The van der Waals surface area contributed by atoms with Crippen molar-refractivity contribution in [1.29, 1.82) is 0 Å². The topological polar surface area (TPSA) is 98.3 Å². The van der Waals surface area contributed by atoms with Crippen LogP contribution in [0.1, 0.15) is 55.3 Å². The molecule has 1 saturated heterocycles. The number of amides is 1. The smallest absolute Gasteiger partial charge is 0.253 e. The highest BCUT2D eigenvalue weighted by Crippen LogP contribution is 2.31. The predicted molar refractivity (Wildman–Crippen MR) is 146 cm³/mol. The zero-order valence-corrected chi connectivity index (χ0v) is 22.4. The van der Waals surface area contributed by atoms with Crippen LogP contribution in [0.5, 0.6) is 5.75 Å². The number of rotatable bonds is 10. The van der Waals surface area contributed by atoms with Crippen LogP contribution in [0.15, 0.2) is 53.4 Å². The van der Waals surface area contributed by atoms with E-state index in [1.54, 1.807) is 19.5 Å². The summed E-state index contributed by atoms with van der Waals surface area (Å²) in [5.74, 6) is 2.75. The lowest BCUT2D eigenvalue weighted by atomic mass is 9.96. The zero-order valence-electron chi connectivity index (χ0n) is 22.4. The van der Waals surface area contributed by atoms with Crippen molar-refractivity contribution in [2.75, 3.05) is 33.3 Å². The van der Waals surface area contributed by atoms with Crippen LogP contribution < -0.4 is 10.1 Å². The van der Waals surface area contributed by atoms with Gasteiger partial charge in [0, 0.05) is 48.5 Å². The van der Waals surface area contributed by atoms with Crippen LogP contribution in [0.25, 0.3) is 22.3 Å². The SMILES string of the molecule is COc1cccc2c(C(=O)NCC(C)C)cn(CCCN3CCC(c4nc(-c5cccnc5)no4)CC3)c12. The molecule has 0 spiro atoms. The fourth-order valence-corrected chi connectivity index (χ4v) is 5.12. The van der Waals surface area contributed by atoms with Gasteiger partial charge in [-0.1, -0.05) is 31.1 Å². The monoisotopic (exact) mass is 516 g/mol. The number of likely N-dealkylation sites (tertiary alicyclic amines) is 1. The summed E-state index contributed by atoms with van der Waals surface area (Å²) >= 11 is 0. The molecule has 0 atom stereocenters. The summed E-state index contributed by atoms with van der Waals surface area (Å²) in [6, 6.07) is 9.71. The number of methoxy groups -OCH3 is 1. The van der Waals surface area contributed by atoms with E-state index in [0.29, 0.717) is 23.9 Å². The van der Waals surface area contributed by atoms with Gasteiger partial charge in [-0.3, -0.25) is 9.78 Å². The van der Waals surface area contributed by atoms with Gasteiger partial charge in [-0.2, -0.15) is 4.98 Å². The third-order valence-corrected chi connectivity index (χ3v) is 7.17. The molecule has 0 unspecified atom stereocenters. The Bertz CT molecular complexity index is 1360. The van der Waals surface area contributed by atoms with Crippen molar-refractivity contribution < 1.29 is 14.1 Å². The molecular weight excluding hydrogens is 480 g/mol. The van der Waals surface area contributed by atoms with Crippen LogP contribution in [-0.4, -0.2) is 63.8 Å². The van der Waals surface area contributed by atoms with E-state index in [-0.39, 0.29) is 11.8 Å². The number of aryl methyl sites for hydroxylation is 1. The fourth-order valence-electron chi connectivity index (χ4n) is 5.12. The van der Waals surface area contributed by atoms with Crippen molar-refractivity contribution in [2.45, 2.75) is 45.6 Å². The average Bonchev–Trinajstić information content (AvgIpc) is 3.58. The van der Waals surface area contributed by atoms with Crippen LogP contribution in [0, 0.1) is 5.92 Å². The molecule has 1 fully saturated rings. The standard InChI is InChI=1S/C29H36N6O3/c1-20(2)17-31-28(36)24-19-35(26-23(24)8-4-9-25(26)37-3)14-6-13-34-15-10-21(11-16-34)29-32-27(33-38-29)22-7-5-12-30-18-22/h4-5,7-9,12,18-21H,6,10-11,13-17H2,1-3H3,(H,31,36). The van der Waals surface area contributed by atoms with E-state index in [1.165, 1.54) is 0 Å². The van der Waals surface area contributed by atoms with E-state index in [2.05, 4.69) is 43.8 Å². The molecule has 200 valence electrons. The van der Waals surface area contributed by atoms with Gasteiger partial charge in [-0.15, -0.1) is 0 Å². The minimum Gasteiger partial charge on any atom is -0.495 e. The molecule has 38 heavy (non-hydrogen) atoms. The van der Waals surface area contributed by atoms with Crippen LogP contribution >= 0.6 is 0 Å². The number of para-hydroxylation sites is 1. The lowest BCUT2D eigenvalue weighted by Crippen LogP contribution is -2.34. The van der Waals surface area contributed by atoms with Gasteiger partial charge in [0.1, 0.15) is 5.75 Å². The third-order valence-electron chi connectivity index (χ3n) is 7.17.